The summed E-state index contributed by atoms with van der Waals surface area (Å²) in [6.07, 6.45) is 1.60. The lowest BCUT2D eigenvalue weighted by Gasteiger charge is -2.38. The number of likely N-dealkylation sites (tertiary alicyclic amines) is 2. The summed E-state index contributed by atoms with van der Waals surface area (Å²) < 4.78 is 0. The number of benzene rings is 1. The molecule has 6 heteroatoms. The topological polar surface area (TPSA) is 60.9 Å². The molecule has 0 spiro atoms. The summed E-state index contributed by atoms with van der Waals surface area (Å²) in [6, 6.07) is 7.66. The predicted molar refractivity (Wildman–Crippen MR) is 97.7 cm³/mol. The molecule has 2 saturated heterocycles. The van der Waals surface area contributed by atoms with Crippen LogP contribution in [0.2, 0.25) is 0 Å². The van der Waals surface area contributed by atoms with Crippen LogP contribution in [0.25, 0.3) is 0 Å². The van der Waals surface area contributed by atoms with Crippen molar-refractivity contribution in [1.82, 2.24) is 9.80 Å². The quantitative estimate of drug-likeness (QED) is 0.769. The molecule has 3 atom stereocenters. The second-order valence-electron chi connectivity index (χ2n) is 7.67. The van der Waals surface area contributed by atoms with Crippen molar-refractivity contribution in [3.8, 4) is 0 Å². The first kappa shape index (κ1) is 17.1. The van der Waals surface area contributed by atoms with Crippen molar-refractivity contribution < 1.29 is 14.4 Å². The fourth-order valence-corrected chi connectivity index (χ4v) is 4.83. The highest BCUT2D eigenvalue weighted by atomic mass is 16.2. The molecular weight excluding hydrogens is 330 g/mol. The lowest BCUT2D eigenvalue weighted by Crippen LogP contribution is -2.51. The molecule has 1 aromatic rings. The average Bonchev–Trinajstić information content (AvgIpc) is 3.27. The van der Waals surface area contributed by atoms with E-state index in [-0.39, 0.29) is 35.6 Å². The fourth-order valence-electron chi connectivity index (χ4n) is 4.83. The van der Waals surface area contributed by atoms with Crippen molar-refractivity contribution in [3.05, 3.63) is 29.8 Å². The number of nitrogens with zero attached hydrogens (tertiary/aromatic N) is 3. The fraction of sp³-hybridized carbons (Fsp3) is 0.550. The van der Waals surface area contributed by atoms with Gasteiger partial charge in [-0.3, -0.25) is 14.4 Å². The molecule has 3 heterocycles. The minimum Gasteiger partial charge on any atom is -0.342 e. The molecule has 6 nitrogen and oxygen atoms in total. The lowest BCUT2D eigenvalue weighted by molar-refractivity contribution is -0.135. The second kappa shape index (κ2) is 6.41. The molecule has 3 unspecified atom stereocenters. The van der Waals surface area contributed by atoms with Gasteiger partial charge < -0.3 is 14.7 Å². The summed E-state index contributed by atoms with van der Waals surface area (Å²) in [5.41, 5.74) is 2.09. The summed E-state index contributed by atoms with van der Waals surface area (Å²) in [5, 5.41) is 0. The Kier molecular flexibility index (Phi) is 4.21. The Morgan fingerprint density at radius 3 is 2.50 bits per heavy atom. The Morgan fingerprint density at radius 2 is 1.77 bits per heavy atom. The van der Waals surface area contributed by atoms with E-state index in [9.17, 15) is 14.4 Å². The van der Waals surface area contributed by atoms with Gasteiger partial charge in [-0.1, -0.05) is 18.2 Å². The van der Waals surface area contributed by atoms with E-state index in [0.717, 1.165) is 30.6 Å². The zero-order valence-corrected chi connectivity index (χ0v) is 15.4. The van der Waals surface area contributed by atoms with Crippen LogP contribution < -0.4 is 4.90 Å². The number of carbonyl (C=O) groups excluding carboxylic acids is 3. The molecule has 3 aliphatic heterocycles. The van der Waals surface area contributed by atoms with Gasteiger partial charge in [-0.2, -0.15) is 0 Å². The maximum atomic E-state index is 13.3. The number of amides is 3. The number of rotatable bonds is 1. The third kappa shape index (κ3) is 2.68. The van der Waals surface area contributed by atoms with Crippen LogP contribution in [0.1, 0.15) is 38.2 Å². The van der Waals surface area contributed by atoms with Gasteiger partial charge in [0.15, 0.2) is 0 Å². The van der Waals surface area contributed by atoms with Gasteiger partial charge in [0.1, 0.15) is 6.04 Å². The Labute approximate surface area is 153 Å². The van der Waals surface area contributed by atoms with Gasteiger partial charge in [0, 0.05) is 57.5 Å². The number of hydrogen-bond acceptors (Lipinski definition) is 3. The van der Waals surface area contributed by atoms with Crippen LogP contribution in [0.15, 0.2) is 24.3 Å². The van der Waals surface area contributed by atoms with E-state index in [1.807, 2.05) is 28.0 Å². The van der Waals surface area contributed by atoms with Crippen molar-refractivity contribution in [2.75, 3.05) is 31.1 Å². The first-order chi connectivity index (χ1) is 12.5. The lowest BCUT2D eigenvalue weighted by atomic mass is 9.83. The molecule has 0 radical (unpaired) electrons. The minimum atomic E-state index is -0.359. The number of anilines is 1. The zero-order chi connectivity index (χ0) is 18.4. The molecule has 138 valence electrons. The van der Waals surface area contributed by atoms with Crippen LogP contribution in [-0.4, -0.2) is 59.7 Å². The summed E-state index contributed by atoms with van der Waals surface area (Å²) in [4.78, 5) is 42.5. The van der Waals surface area contributed by atoms with E-state index in [4.69, 9.17) is 0 Å². The monoisotopic (exact) mass is 355 g/mol. The molecule has 0 aromatic heterocycles. The molecule has 0 saturated carbocycles. The molecule has 3 aliphatic rings. The van der Waals surface area contributed by atoms with Gasteiger partial charge in [-0.15, -0.1) is 0 Å². The Bertz CT molecular complexity index is 762. The van der Waals surface area contributed by atoms with Crippen molar-refractivity contribution in [3.63, 3.8) is 0 Å². The van der Waals surface area contributed by atoms with Crippen LogP contribution in [0, 0.1) is 5.92 Å². The maximum Gasteiger partial charge on any atom is 0.249 e. The highest BCUT2D eigenvalue weighted by molar-refractivity contribution is 6.00. The predicted octanol–water partition coefficient (Wildman–Crippen LogP) is 1.61. The van der Waals surface area contributed by atoms with Crippen LogP contribution >= 0.6 is 0 Å². The van der Waals surface area contributed by atoms with Gasteiger partial charge in [-0.05, 0) is 24.5 Å². The van der Waals surface area contributed by atoms with Crippen LogP contribution in [0.4, 0.5) is 5.69 Å². The van der Waals surface area contributed by atoms with Crippen molar-refractivity contribution in [2.24, 2.45) is 5.92 Å². The highest BCUT2D eigenvalue weighted by Crippen LogP contribution is 2.43. The van der Waals surface area contributed by atoms with Gasteiger partial charge in [0.2, 0.25) is 17.7 Å². The first-order valence-corrected chi connectivity index (χ1v) is 9.40. The molecule has 26 heavy (non-hydrogen) atoms. The molecule has 2 fully saturated rings. The second-order valence-corrected chi connectivity index (χ2v) is 7.67. The molecule has 0 aliphatic carbocycles. The first-order valence-electron chi connectivity index (χ1n) is 9.40. The van der Waals surface area contributed by atoms with E-state index in [1.165, 1.54) is 6.92 Å². The standard InChI is InChI=1S/C20H25N3O3/c1-13(24)21-10-15-11-23(18-7-4-3-6-16(18)17(15)12-21)20(26)19-8-5-9-22(19)14(2)25/h3-4,6-7,15,17,19H,5,8-12H2,1-2H3. The van der Waals surface area contributed by atoms with Crippen molar-refractivity contribution >= 4 is 23.4 Å². The summed E-state index contributed by atoms with van der Waals surface area (Å²) in [7, 11) is 0. The van der Waals surface area contributed by atoms with Gasteiger partial charge in [0.25, 0.3) is 0 Å². The molecule has 3 amide bonds. The number of para-hydroxylation sites is 1. The largest absolute Gasteiger partial charge is 0.342 e. The van der Waals surface area contributed by atoms with Gasteiger partial charge in [-0.25, -0.2) is 0 Å². The molecular formula is C20H25N3O3. The number of carbonyl (C=O) groups is 3. The zero-order valence-electron chi connectivity index (χ0n) is 15.4. The summed E-state index contributed by atoms with van der Waals surface area (Å²) in [5.74, 6) is 0.613. The smallest absolute Gasteiger partial charge is 0.249 e. The van der Waals surface area contributed by atoms with Crippen molar-refractivity contribution in [1.29, 1.82) is 0 Å². The Balaban J connectivity index is 1.66. The van der Waals surface area contributed by atoms with Gasteiger partial charge >= 0.3 is 0 Å². The molecule has 1 aromatic carbocycles. The Hall–Kier alpha value is -2.37. The van der Waals surface area contributed by atoms with E-state index in [2.05, 4.69) is 6.07 Å². The van der Waals surface area contributed by atoms with Crippen molar-refractivity contribution in [2.45, 2.75) is 38.6 Å². The molecule has 0 N–H and O–H groups in total. The third-order valence-corrected chi connectivity index (χ3v) is 6.14. The molecule has 0 bridgehead atoms. The van der Waals surface area contributed by atoms with E-state index >= 15 is 0 Å². The van der Waals surface area contributed by atoms with Crippen LogP contribution in [0.5, 0.6) is 0 Å². The van der Waals surface area contributed by atoms with Gasteiger partial charge in [0.05, 0.1) is 0 Å². The third-order valence-electron chi connectivity index (χ3n) is 6.14. The Morgan fingerprint density at radius 1 is 1.00 bits per heavy atom. The maximum absolute atomic E-state index is 13.3. The van der Waals surface area contributed by atoms with Crippen LogP contribution in [0.3, 0.4) is 0 Å². The number of hydrogen-bond donors (Lipinski definition) is 0. The van der Waals surface area contributed by atoms with E-state index in [1.54, 1.807) is 11.8 Å². The van der Waals surface area contributed by atoms with Crippen LogP contribution in [-0.2, 0) is 14.4 Å². The average molecular weight is 355 g/mol. The normalized spacial score (nSPS) is 27.3. The summed E-state index contributed by atoms with van der Waals surface area (Å²) in [6.45, 7) is 5.84. The highest BCUT2D eigenvalue weighted by Gasteiger charge is 2.44. The summed E-state index contributed by atoms with van der Waals surface area (Å²) >= 11 is 0. The van der Waals surface area contributed by atoms with E-state index < -0.39 is 0 Å². The molecule has 4 rings (SSSR count). The van der Waals surface area contributed by atoms with E-state index in [0.29, 0.717) is 19.6 Å². The minimum absolute atomic E-state index is 0.0184. The number of fused-ring (bicyclic) bond motifs is 3. The SMILES string of the molecule is CC(=O)N1CC2CN(C(=O)C3CCCN3C(C)=O)c3ccccc3C2C1.